The van der Waals surface area contributed by atoms with Crippen molar-refractivity contribution in [1.82, 2.24) is 0 Å². The minimum Gasteiger partial charge on any atom is -0.346 e. The summed E-state index contributed by atoms with van der Waals surface area (Å²) < 4.78 is 5.15. The molecular formula is C11H24O3. The van der Waals surface area contributed by atoms with Crippen molar-refractivity contribution in [2.75, 3.05) is 0 Å². The van der Waals surface area contributed by atoms with Crippen LogP contribution in [0.4, 0.5) is 0 Å². The molecule has 0 aliphatic heterocycles. The van der Waals surface area contributed by atoms with Crippen LogP contribution in [0.2, 0.25) is 0 Å². The van der Waals surface area contributed by atoms with Gasteiger partial charge in [0, 0.05) is 0 Å². The van der Waals surface area contributed by atoms with Gasteiger partial charge in [0.05, 0.1) is 5.60 Å². The van der Waals surface area contributed by atoms with Crippen molar-refractivity contribution in [3.63, 3.8) is 0 Å². The van der Waals surface area contributed by atoms with Crippen molar-refractivity contribution in [1.29, 1.82) is 0 Å². The van der Waals surface area contributed by atoms with E-state index in [2.05, 4.69) is 13.8 Å². The summed E-state index contributed by atoms with van der Waals surface area (Å²) in [5.41, 5.74) is -0.375. The van der Waals surface area contributed by atoms with Gasteiger partial charge in [-0.1, -0.05) is 39.5 Å². The molecule has 3 nitrogen and oxygen atoms in total. The molecular weight excluding hydrogens is 180 g/mol. The van der Waals surface area contributed by atoms with E-state index in [9.17, 15) is 0 Å². The van der Waals surface area contributed by atoms with Crippen molar-refractivity contribution >= 4 is 0 Å². The maximum absolute atomic E-state index is 8.82. The van der Waals surface area contributed by atoms with Gasteiger partial charge in [-0.25, -0.2) is 0 Å². The van der Waals surface area contributed by atoms with Crippen molar-refractivity contribution in [3.05, 3.63) is 0 Å². The largest absolute Gasteiger partial charge is 0.346 e. The Bertz CT molecular complexity index is 126. The molecule has 14 heavy (non-hydrogen) atoms. The topological polar surface area (TPSA) is 49.7 Å². The molecule has 0 heterocycles. The lowest BCUT2D eigenvalue weighted by molar-refractivity contribution is -0.285. The van der Waals surface area contributed by atoms with E-state index in [-0.39, 0.29) is 5.60 Å². The van der Waals surface area contributed by atoms with Crippen LogP contribution < -0.4 is 0 Å². The number of aliphatic hydroxyl groups is 2. The molecule has 0 unspecified atom stereocenters. The standard InChI is InChI=1S/C11H24O3/c1-4-6-8-11(3,9-7-5-2)14-10(12)13/h10,12-13H,4-9H2,1-3H3. The predicted octanol–water partition coefficient (Wildman–Crippen LogP) is 2.41. The summed E-state index contributed by atoms with van der Waals surface area (Å²) in [4.78, 5) is 0. The maximum atomic E-state index is 8.82. The molecule has 0 fully saturated rings. The Balaban J connectivity index is 4.03. The van der Waals surface area contributed by atoms with E-state index in [4.69, 9.17) is 14.9 Å². The average molecular weight is 204 g/mol. The minimum atomic E-state index is -1.64. The van der Waals surface area contributed by atoms with Crippen LogP contribution in [-0.4, -0.2) is 22.3 Å². The Labute approximate surface area is 87.1 Å². The first kappa shape index (κ1) is 13.9. The Morgan fingerprint density at radius 3 is 1.79 bits per heavy atom. The molecule has 0 atom stereocenters. The van der Waals surface area contributed by atoms with Gasteiger partial charge in [-0.05, 0) is 19.8 Å². The Morgan fingerprint density at radius 2 is 1.50 bits per heavy atom. The third kappa shape index (κ3) is 6.35. The summed E-state index contributed by atoms with van der Waals surface area (Å²) in [6.07, 6.45) is 6.11. The summed E-state index contributed by atoms with van der Waals surface area (Å²) in [7, 11) is 0. The molecule has 0 aromatic heterocycles. The van der Waals surface area contributed by atoms with Gasteiger partial charge in [-0.3, -0.25) is 0 Å². The third-order valence-corrected chi connectivity index (χ3v) is 2.51. The summed E-state index contributed by atoms with van der Waals surface area (Å²) in [5, 5.41) is 17.6. The van der Waals surface area contributed by atoms with Gasteiger partial charge in [0.1, 0.15) is 0 Å². The second kappa shape index (κ2) is 7.21. The average Bonchev–Trinajstić information content (AvgIpc) is 2.11. The van der Waals surface area contributed by atoms with Gasteiger partial charge >= 0.3 is 0 Å². The van der Waals surface area contributed by atoms with Gasteiger partial charge in [-0.15, -0.1) is 0 Å². The summed E-state index contributed by atoms with van der Waals surface area (Å²) in [5.74, 6) is 0. The highest BCUT2D eigenvalue weighted by Gasteiger charge is 2.26. The molecule has 2 N–H and O–H groups in total. The lowest BCUT2D eigenvalue weighted by Crippen LogP contribution is -2.33. The van der Waals surface area contributed by atoms with Crippen LogP contribution in [0.15, 0.2) is 0 Å². The fourth-order valence-corrected chi connectivity index (χ4v) is 1.60. The molecule has 0 spiro atoms. The molecule has 86 valence electrons. The highest BCUT2D eigenvalue weighted by molar-refractivity contribution is 4.74. The second-order valence-corrected chi connectivity index (χ2v) is 4.10. The zero-order valence-electron chi connectivity index (χ0n) is 9.62. The van der Waals surface area contributed by atoms with E-state index in [0.29, 0.717) is 0 Å². The van der Waals surface area contributed by atoms with E-state index in [1.807, 2.05) is 6.92 Å². The Morgan fingerprint density at radius 1 is 1.07 bits per heavy atom. The molecule has 0 saturated carbocycles. The molecule has 0 amide bonds. The highest BCUT2D eigenvalue weighted by Crippen LogP contribution is 2.26. The lowest BCUT2D eigenvalue weighted by Gasteiger charge is -2.30. The quantitative estimate of drug-likeness (QED) is 0.597. The van der Waals surface area contributed by atoms with Gasteiger partial charge in [0.15, 0.2) is 0 Å². The van der Waals surface area contributed by atoms with Crippen LogP contribution in [0.3, 0.4) is 0 Å². The zero-order chi connectivity index (χ0) is 11.0. The number of aliphatic hydroxyl groups excluding tert-OH is 1. The molecule has 0 aliphatic rings. The molecule has 0 saturated heterocycles. The van der Waals surface area contributed by atoms with Gasteiger partial charge in [0.25, 0.3) is 6.48 Å². The van der Waals surface area contributed by atoms with Crippen LogP contribution in [-0.2, 0) is 4.74 Å². The third-order valence-electron chi connectivity index (χ3n) is 2.51. The first-order chi connectivity index (χ1) is 6.54. The molecule has 0 aliphatic carbocycles. The van der Waals surface area contributed by atoms with Crippen molar-refractivity contribution in [2.24, 2.45) is 0 Å². The summed E-state index contributed by atoms with van der Waals surface area (Å²) in [6, 6.07) is 0. The number of hydrogen-bond donors (Lipinski definition) is 2. The SMILES string of the molecule is CCCCC(C)(CCCC)OC(O)O. The van der Waals surface area contributed by atoms with Gasteiger partial charge in [0.2, 0.25) is 0 Å². The van der Waals surface area contributed by atoms with Gasteiger partial charge in [-0.2, -0.15) is 0 Å². The molecule has 3 heteroatoms. The van der Waals surface area contributed by atoms with Crippen LogP contribution >= 0.6 is 0 Å². The summed E-state index contributed by atoms with van der Waals surface area (Å²) >= 11 is 0. The van der Waals surface area contributed by atoms with Crippen molar-refractivity contribution in [2.45, 2.75) is 71.4 Å². The first-order valence-electron chi connectivity index (χ1n) is 5.58. The van der Waals surface area contributed by atoms with E-state index in [0.717, 1.165) is 38.5 Å². The maximum Gasteiger partial charge on any atom is 0.267 e. The van der Waals surface area contributed by atoms with Gasteiger partial charge < -0.3 is 14.9 Å². The monoisotopic (exact) mass is 204 g/mol. The molecule has 0 bridgehead atoms. The second-order valence-electron chi connectivity index (χ2n) is 4.10. The Hall–Kier alpha value is -0.120. The molecule has 0 aromatic carbocycles. The van der Waals surface area contributed by atoms with Crippen molar-refractivity contribution < 1.29 is 14.9 Å². The Kier molecular flexibility index (Phi) is 7.15. The van der Waals surface area contributed by atoms with Crippen LogP contribution in [0.1, 0.15) is 59.3 Å². The smallest absolute Gasteiger partial charge is 0.267 e. The fourth-order valence-electron chi connectivity index (χ4n) is 1.60. The molecule has 0 aromatic rings. The van der Waals surface area contributed by atoms with Crippen molar-refractivity contribution in [3.8, 4) is 0 Å². The highest BCUT2D eigenvalue weighted by atomic mass is 16.7. The fraction of sp³-hybridized carbons (Fsp3) is 1.00. The molecule has 0 radical (unpaired) electrons. The number of unbranched alkanes of at least 4 members (excludes halogenated alkanes) is 2. The molecule has 0 rings (SSSR count). The van der Waals surface area contributed by atoms with Crippen LogP contribution in [0.5, 0.6) is 0 Å². The van der Waals surface area contributed by atoms with E-state index in [1.165, 1.54) is 0 Å². The first-order valence-corrected chi connectivity index (χ1v) is 5.58. The van der Waals surface area contributed by atoms with Crippen LogP contribution in [0, 0.1) is 0 Å². The zero-order valence-corrected chi connectivity index (χ0v) is 9.62. The van der Waals surface area contributed by atoms with E-state index in [1.54, 1.807) is 0 Å². The van der Waals surface area contributed by atoms with Crippen LogP contribution in [0.25, 0.3) is 0 Å². The normalized spacial score (nSPS) is 12.4. The lowest BCUT2D eigenvalue weighted by atomic mass is 9.93. The number of hydrogen-bond acceptors (Lipinski definition) is 3. The number of ether oxygens (including phenoxy) is 1. The van der Waals surface area contributed by atoms with E-state index < -0.39 is 6.48 Å². The minimum absolute atomic E-state index is 0.375. The summed E-state index contributed by atoms with van der Waals surface area (Å²) in [6.45, 7) is 4.55. The number of rotatable bonds is 8. The van der Waals surface area contributed by atoms with E-state index >= 15 is 0 Å². The predicted molar refractivity (Wildman–Crippen MR) is 56.8 cm³/mol.